The minimum Gasteiger partial charge on any atom is -0.481 e. The molecule has 4 rings (SSSR count). The molecule has 0 unspecified atom stereocenters. The summed E-state index contributed by atoms with van der Waals surface area (Å²) in [5.41, 5.74) is 9.93. The average molecular weight is 443 g/mol. The number of hydrogen-bond donors (Lipinski definition) is 3. The number of carboxylic acids is 1. The predicted molar refractivity (Wildman–Crippen MR) is 128 cm³/mol. The van der Waals surface area contributed by atoms with Gasteiger partial charge in [0.25, 0.3) is 0 Å². The third kappa shape index (κ3) is 4.88. The van der Waals surface area contributed by atoms with Crippen molar-refractivity contribution in [2.45, 2.75) is 26.3 Å². The molecule has 33 heavy (non-hydrogen) atoms. The van der Waals surface area contributed by atoms with Crippen LogP contribution >= 0.6 is 0 Å². The topological polar surface area (TPSA) is 128 Å². The molecular weight excluding hydrogens is 416 g/mol. The van der Waals surface area contributed by atoms with Gasteiger partial charge in [0.15, 0.2) is 0 Å². The van der Waals surface area contributed by atoms with Crippen LogP contribution in [0.2, 0.25) is 0 Å². The number of nitrogens with zero attached hydrogens (tertiary/aromatic N) is 4. The highest BCUT2D eigenvalue weighted by Gasteiger charge is 2.37. The van der Waals surface area contributed by atoms with E-state index in [0.29, 0.717) is 43.7 Å². The van der Waals surface area contributed by atoms with Crippen molar-refractivity contribution in [1.29, 1.82) is 5.26 Å². The molecule has 0 radical (unpaired) electrons. The molecule has 1 aliphatic heterocycles. The zero-order valence-electron chi connectivity index (χ0n) is 18.5. The van der Waals surface area contributed by atoms with Crippen LogP contribution in [0.5, 0.6) is 0 Å². The van der Waals surface area contributed by atoms with Gasteiger partial charge < -0.3 is 21.1 Å². The second-order valence-corrected chi connectivity index (χ2v) is 8.58. The fourth-order valence-electron chi connectivity index (χ4n) is 3.86. The summed E-state index contributed by atoms with van der Waals surface area (Å²) in [6.07, 6.45) is 4.83. The fourth-order valence-corrected chi connectivity index (χ4v) is 3.86. The molecule has 0 spiro atoms. The summed E-state index contributed by atoms with van der Waals surface area (Å²) in [4.78, 5) is 22.7. The third-order valence-electron chi connectivity index (χ3n) is 6.24. The number of pyridine rings is 2. The summed E-state index contributed by atoms with van der Waals surface area (Å²) < 4.78 is 0. The average Bonchev–Trinajstić information content (AvgIpc) is 2.84. The van der Waals surface area contributed by atoms with Gasteiger partial charge in [-0.25, -0.2) is 4.98 Å². The lowest BCUT2D eigenvalue weighted by Crippen LogP contribution is -2.43. The maximum atomic E-state index is 11.4. The number of benzene rings is 1. The molecule has 0 amide bonds. The van der Waals surface area contributed by atoms with Gasteiger partial charge in [-0.2, -0.15) is 5.26 Å². The van der Waals surface area contributed by atoms with Crippen LogP contribution in [-0.2, 0) is 11.3 Å². The van der Waals surface area contributed by atoms with Gasteiger partial charge in [0, 0.05) is 37.6 Å². The first-order chi connectivity index (χ1) is 15.9. The van der Waals surface area contributed by atoms with E-state index in [0.717, 1.165) is 28.3 Å². The summed E-state index contributed by atoms with van der Waals surface area (Å²) in [5.74, 6) is 0.127. The van der Waals surface area contributed by atoms with Crippen molar-refractivity contribution < 1.29 is 9.90 Å². The Bertz CT molecular complexity index is 1180. The molecule has 0 atom stereocenters. The first-order valence-electron chi connectivity index (χ1n) is 10.8. The van der Waals surface area contributed by atoms with Gasteiger partial charge >= 0.3 is 5.97 Å². The maximum Gasteiger partial charge on any atom is 0.309 e. The van der Waals surface area contributed by atoms with Gasteiger partial charge in [0.2, 0.25) is 0 Å². The smallest absolute Gasteiger partial charge is 0.309 e. The number of hydrogen-bond acceptors (Lipinski definition) is 7. The first-order valence-corrected chi connectivity index (χ1v) is 10.8. The maximum absolute atomic E-state index is 11.4. The fraction of sp³-hybridized carbons (Fsp3) is 0.280. The molecule has 0 aliphatic carbocycles. The summed E-state index contributed by atoms with van der Waals surface area (Å²) >= 11 is 0. The standard InChI is InChI=1S/C25H26N6O2/c1-25(24(32)33)8-10-31(11-9-25)23-7-4-19(16-30-23)21-5-3-18(14-28-21)15-29-22-6-2-17(13-26)12-20(22)27/h2-7,12,14,16,29H,8-11,15,27H2,1H3,(H,32,33). The van der Waals surface area contributed by atoms with E-state index in [2.05, 4.69) is 26.3 Å². The van der Waals surface area contributed by atoms with Gasteiger partial charge in [-0.1, -0.05) is 6.07 Å². The Morgan fingerprint density at radius 3 is 2.55 bits per heavy atom. The molecular formula is C25H26N6O2. The number of anilines is 3. The lowest BCUT2D eigenvalue weighted by atomic mass is 9.80. The quantitative estimate of drug-likeness (QED) is 0.490. The van der Waals surface area contributed by atoms with Crippen molar-refractivity contribution in [1.82, 2.24) is 9.97 Å². The highest BCUT2D eigenvalue weighted by atomic mass is 16.4. The molecule has 0 saturated carbocycles. The monoisotopic (exact) mass is 442 g/mol. The van der Waals surface area contributed by atoms with Crippen molar-refractivity contribution in [3.63, 3.8) is 0 Å². The van der Waals surface area contributed by atoms with Crippen molar-refractivity contribution >= 4 is 23.2 Å². The Morgan fingerprint density at radius 1 is 1.18 bits per heavy atom. The minimum absolute atomic E-state index is 0.530. The number of rotatable bonds is 6. The van der Waals surface area contributed by atoms with E-state index in [-0.39, 0.29) is 0 Å². The van der Waals surface area contributed by atoms with E-state index in [1.54, 1.807) is 24.4 Å². The van der Waals surface area contributed by atoms with E-state index in [9.17, 15) is 9.90 Å². The molecule has 4 N–H and O–H groups in total. The number of carbonyl (C=O) groups is 1. The van der Waals surface area contributed by atoms with Crippen molar-refractivity contribution in [2.75, 3.05) is 29.0 Å². The van der Waals surface area contributed by atoms with Crippen LogP contribution in [0.4, 0.5) is 17.2 Å². The summed E-state index contributed by atoms with van der Waals surface area (Å²) in [7, 11) is 0. The van der Waals surface area contributed by atoms with E-state index in [4.69, 9.17) is 11.0 Å². The van der Waals surface area contributed by atoms with Gasteiger partial charge in [-0.15, -0.1) is 0 Å². The highest BCUT2D eigenvalue weighted by molar-refractivity contribution is 5.74. The molecule has 1 saturated heterocycles. The molecule has 2 aromatic heterocycles. The van der Waals surface area contributed by atoms with Crippen LogP contribution in [0.25, 0.3) is 11.3 Å². The first kappa shape index (κ1) is 22.1. The normalized spacial score (nSPS) is 15.0. The van der Waals surface area contributed by atoms with Crippen molar-refractivity contribution in [3.05, 3.63) is 66.0 Å². The Hall–Kier alpha value is -4.12. The molecule has 1 aromatic carbocycles. The second kappa shape index (κ2) is 9.17. The lowest BCUT2D eigenvalue weighted by molar-refractivity contribution is -0.149. The van der Waals surface area contributed by atoms with Crippen LogP contribution in [0.1, 0.15) is 30.9 Å². The van der Waals surface area contributed by atoms with Crippen LogP contribution < -0.4 is 16.0 Å². The molecule has 3 heterocycles. The Labute approximate surface area is 192 Å². The molecule has 168 valence electrons. The highest BCUT2D eigenvalue weighted by Crippen LogP contribution is 2.33. The van der Waals surface area contributed by atoms with E-state index < -0.39 is 11.4 Å². The van der Waals surface area contributed by atoms with Gasteiger partial charge in [0.05, 0.1) is 34.1 Å². The van der Waals surface area contributed by atoms with E-state index in [1.807, 2.05) is 37.4 Å². The molecule has 0 bridgehead atoms. The van der Waals surface area contributed by atoms with Crippen molar-refractivity contribution in [2.24, 2.45) is 5.41 Å². The van der Waals surface area contributed by atoms with Gasteiger partial charge in [0.1, 0.15) is 5.82 Å². The predicted octanol–water partition coefficient (Wildman–Crippen LogP) is 3.90. The number of aromatic nitrogens is 2. The number of carboxylic acid groups (broad SMARTS) is 1. The van der Waals surface area contributed by atoms with Gasteiger partial charge in [-0.3, -0.25) is 9.78 Å². The van der Waals surface area contributed by atoms with Crippen LogP contribution in [0.15, 0.2) is 54.9 Å². The van der Waals surface area contributed by atoms with E-state index in [1.165, 1.54) is 0 Å². The summed E-state index contributed by atoms with van der Waals surface area (Å²) in [6.45, 7) is 3.73. The van der Waals surface area contributed by atoms with E-state index >= 15 is 0 Å². The zero-order chi connectivity index (χ0) is 23.4. The number of nitriles is 1. The van der Waals surface area contributed by atoms with Crippen LogP contribution in [-0.4, -0.2) is 34.1 Å². The van der Waals surface area contributed by atoms with Gasteiger partial charge in [-0.05, 0) is 61.7 Å². The molecule has 1 fully saturated rings. The summed E-state index contributed by atoms with van der Waals surface area (Å²) in [5, 5.41) is 21.6. The third-order valence-corrected chi connectivity index (χ3v) is 6.24. The Kier molecular flexibility index (Phi) is 6.13. The Balaban J connectivity index is 1.36. The molecule has 8 nitrogen and oxygen atoms in total. The molecule has 3 aromatic rings. The zero-order valence-corrected chi connectivity index (χ0v) is 18.5. The number of nitrogens with two attached hydrogens (primary N) is 1. The lowest BCUT2D eigenvalue weighted by Gasteiger charge is -2.37. The minimum atomic E-state index is -0.726. The summed E-state index contributed by atoms with van der Waals surface area (Å²) in [6, 6.07) is 15.2. The SMILES string of the molecule is CC1(C(=O)O)CCN(c2ccc(-c3ccc(CNc4ccc(C#N)cc4N)cn3)cn2)CC1. The van der Waals surface area contributed by atoms with Crippen LogP contribution in [0.3, 0.4) is 0 Å². The van der Waals surface area contributed by atoms with Crippen molar-refractivity contribution in [3.8, 4) is 17.3 Å². The number of nitrogens with one attached hydrogen (secondary N) is 1. The Morgan fingerprint density at radius 2 is 1.97 bits per heavy atom. The number of piperidine rings is 1. The van der Waals surface area contributed by atoms with Crippen LogP contribution in [0, 0.1) is 16.7 Å². The number of aliphatic carboxylic acids is 1. The molecule has 1 aliphatic rings. The number of nitrogen functional groups attached to an aromatic ring is 1. The largest absolute Gasteiger partial charge is 0.481 e. The molecule has 8 heteroatoms. The second-order valence-electron chi connectivity index (χ2n) is 8.58.